The lowest BCUT2D eigenvalue weighted by atomic mass is 10.00. The zero-order valence-electron chi connectivity index (χ0n) is 9.78. The highest BCUT2D eigenvalue weighted by atomic mass is 19.4. The quantitative estimate of drug-likeness (QED) is 0.903. The molecule has 2 rings (SSSR count). The van der Waals surface area contributed by atoms with Crippen LogP contribution in [0.5, 0.6) is 0 Å². The average Bonchev–Trinajstić information content (AvgIpc) is 2.81. The Labute approximate surface area is 103 Å². The van der Waals surface area contributed by atoms with Gasteiger partial charge in [-0.1, -0.05) is 12.1 Å². The Kier molecular flexibility index (Phi) is 3.92. The summed E-state index contributed by atoms with van der Waals surface area (Å²) in [4.78, 5) is 0. The minimum atomic E-state index is -4.38. The zero-order valence-corrected chi connectivity index (χ0v) is 9.78. The van der Waals surface area contributed by atoms with Crippen molar-refractivity contribution in [3.63, 3.8) is 0 Å². The first kappa shape index (κ1) is 13.4. The molecular weight excluding hydrogens is 245 g/mol. The van der Waals surface area contributed by atoms with Gasteiger partial charge in [0.1, 0.15) is 0 Å². The van der Waals surface area contributed by atoms with Gasteiger partial charge in [-0.2, -0.15) is 13.2 Å². The second-order valence-electron chi connectivity index (χ2n) is 4.51. The van der Waals surface area contributed by atoms with Crippen molar-refractivity contribution in [2.75, 3.05) is 6.61 Å². The van der Waals surface area contributed by atoms with E-state index in [1.165, 1.54) is 12.1 Å². The van der Waals surface area contributed by atoms with Gasteiger partial charge < -0.3 is 9.84 Å². The molecule has 1 N–H and O–H groups in total. The summed E-state index contributed by atoms with van der Waals surface area (Å²) < 4.78 is 42.9. The van der Waals surface area contributed by atoms with Crippen LogP contribution in [0.2, 0.25) is 0 Å². The molecule has 0 aromatic heterocycles. The normalized spacial score (nSPS) is 22.1. The summed E-state index contributed by atoms with van der Waals surface area (Å²) in [5.74, 6) is 0. The van der Waals surface area contributed by atoms with E-state index in [2.05, 4.69) is 0 Å². The predicted molar refractivity (Wildman–Crippen MR) is 60.0 cm³/mol. The summed E-state index contributed by atoms with van der Waals surface area (Å²) >= 11 is 0. The van der Waals surface area contributed by atoms with Crippen molar-refractivity contribution in [2.45, 2.75) is 37.6 Å². The van der Waals surface area contributed by atoms with E-state index in [9.17, 15) is 18.3 Å². The van der Waals surface area contributed by atoms with Crippen LogP contribution in [0.25, 0.3) is 0 Å². The summed E-state index contributed by atoms with van der Waals surface area (Å²) in [6.45, 7) is 0.667. The lowest BCUT2D eigenvalue weighted by Gasteiger charge is -2.17. The Balaban J connectivity index is 2.07. The van der Waals surface area contributed by atoms with E-state index in [1.807, 2.05) is 0 Å². The van der Waals surface area contributed by atoms with Crippen LogP contribution in [0.1, 0.15) is 36.5 Å². The van der Waals surface area contributed by atoms with Crippen molar-refractivity contribution >= 4 is 0 Å². The molecule has 1 saturated heterocycles. The van der Waals surface area contributed by atoms with Crippen molar-refractivity contribution < 1.29 is 23.0 Å². The maximum Gasteiger partial charge on any atom is 0.416 e. The molecule has 0 bridgehead atoms. The number of ether oxygens (including phenoxy) is 1. The van der Waals surface area contributed by atoms with Crippen LogP contribution in [-0.4, -0.2) is 17.8 Å². The van der Waals surface area contributed by atoms with E-state index in [0.717, 1.165) is 25.0 Å². The van der Waals surface area contributed by atoms with E-state index in [1.54, 1.807) is 0 Å². The van der Waals surface area contributed by atoms with Gasteiger partial charge >= 0.3 is 6.18 Å². The number of aliphatic hydroxyl groups excluding tert-OH is 1. The van der Waals surface area contributed by atoms with E-state index < -0.39 is 17.8 Å². The summed E-state index contributed by atoms with van der Waals surface area (Å²) in [6.07, 6.45) is -3.18. The van der Waals surface area contributed by atoms with Crippen molar-refractivity contribution in [3.05, 3.63) is 35.4 Å². The highest BCUT2D eigenvalue weighted by Gasteiger charge is 2.31. The maximum absolute atomic E-state index is 12.5. The fourth-order valence-electron chi connectivity index (χ4n) is 2.14. The topological polar surface area (TPSA) is 29.5 Å². The number of rotatable bonds is 3. The maximum atomic E-state index is 12.5. The van der Waals surface area contributed by atoms with Gasteiger partial charge in [-0.25, -0.2) is 0 Å². The van der Waals surface area contributed by atoms with Crippen LogP contribution in [-0.2, 0) is 10.9 Å². The van der Waals surface area contributed by atoms with Gasteiger partial charge in [0.05, 0.1) is 17.8 Å². The third kappa shape index (κ3) is 3.23. The highest BCUT2D eigenvalue weighted by Crippen LogP contribution is 2.32. The van der Waals surface area contributed by atoms with Crippen LogP contribution in [0.3, 0.4) is 0 Å². The first-order valence-electron chi connectivity index (χ1n) is 5.93. The SMILES string of the molecule is OC(CC1CCCO1)c1cccc(C(F)(F)F)c1. The zero-order chi connectivity index (χ0) is 13.2. The Hall–Kier alpha value is -1.07. The molecule has 0 amide bonds. The summed E-state index contributed by atoms with van der Waals surface area (Å²) in [7, 11) is 0. The Morgan fingerprint density at radius 1 is 1.39 bits per heavy atom. The lowest BCUT2D eigenvalue weighted by molar-refractivity contribution is -0.137. The van der Waals surface area contributed by atoms with Gasteiger partial charge in [-0.3, -0.25) is 0 Å². The van der Waals surface area contributed by atoms with E-state index in [-0.39, 0.29) is 6.10 Å². The fraction of sp³-hybridized carbons (Fsp3) is 0.538. The summed E-state index contributed by atoms with van der Waals surface area (Å²) in [6, 6.07) is 4.83. The first-order valence-corrected chi connectivity index (χ1v) is 5.93. The molecule has 18 heavy (non-hydrogen) atoms. The Bertz CT molecular complexity index is 397. The second-order valence-corrected chi connectivity index (χ2v) is 4.51. The molecule has 1 heterocycles. The molecule has 1 aromatic rings. The number of alkyl halides is 3. The standard InChI is InChI=1S/C13H15F3O2/c14-13(15,16)10-4-1-3-9(7-10)12(17)8-11-5-2-6-18-11/h1,3-4,7,11-12,17H,2,5-6,8H2. The first-order chi connectivity index (χ1) is 8.47. The largest absolute Gasteiger partial charge is 0.416 e. The van der Waals surface area contributed by atoms with E-state index in [0.29, 0.717) is 18.6 Å². The molecule has 1 aromatic carbocycles. The molecule has 0 saturated carbocycles. The fourth-order valence-corrected chi connectivity index (χ4v) is 2.14. The minimum Gasteiger partial charge on any atom is -0.388 e. The van der Waals surface area contributed by atoms with Gasteiger partial charge in [0.2, 0.25) is 0 Å². The average molecular weight is 260 g/mol. The lowest BCUT2D eigenvalue weighted by Crippen LogP contribution is -2.12. The number of aliphatic hydroxyl groups is 1. The van der Waals surface area contributed by atoms with Crippen molar-refractivity contribution in [1.29, 1.82) is 0 Å². The number of benzene rings is 1. The van der Waals surface area contributed by atoms with Crippen LogP contribution < -0.4 is 0 Å². The molecule has 2 unspecified atom stereocenters. The Morgan fingerprint density at radius 3 is 2.78 bits per heavy atom. The Morgan fingerprint density at radius 2 is 2.17 bits per heavy atom. The van der Waals surface area contributed by atoms with Gasteiger partial charge in [0.15, 0.2) is 0 Å². The van der Waals surface area contributed by atoms with Gasteiger partial charge in [0, 0.05) is 13.0 Å². The monoisotopic (exact) mass is 260 g/mol. The van der Waals surface area contributed by atoms with Crippen LogP contribution in [0, 0.1) is 0 Å². The third-order valence-corrected chi connectivity index (χ3v) is 3.11. The highest BCUT2D eigenvalue weighted by molar-refractivity contribution is 5.27. The molecule has 100 valence electrons. The van der Waals surface area contributed by atoms with Crippen LogP contribution in [0.4, 0.5) is 13.2 Å². The van der Waals surface area contributed by atoms with Crippen molar-refractivity contribution in [3.8, 4) is 0 Å². The molecule has 1 aliphatic rings. The molecule has 0 radical (unpaired) electrons. The third-order valence-electron chi connectivity index (χ3n) is 3.11. The number of hydrogen-bond donors (Lipinski definition) is 1. The second kappa shape index (κ2) is 5.28. The molecule has 1 fully saturated rings. The number of hydrogen-bond acceptors (Lipinski definition) is 2. The molecule has 2 nitrogen and oxygen atoms in total. The van der Waals surface area contributed by atoms with E-state index in [4.69, 9.17) is 4.74 Å². The molecule has 0 spiro atoms. The van der Waals surface area contributed by atoms with Crippen LogP contribution in [0.15, 0.2) is 24.3 Å². The minimum absolute atomic E-state index is 0.0467. The molecule has 2 atom stereocenters. The summed E-state index contributed by atoms with van der Waals surface area (Å²) in [5, 5.41) is 9.92. The van der Waals surface area contributed by atoms with Crippen molar-refractivity contribution in [1.82, 2.24) is 0 Å². The molecule has 5 heteroatoms. The van der Waals surface area contributed by atoms with Gasteiger partial charge in [-0.05, 0) is 30.5 Å². The van der Waals surface area contributed by atoms with Crippen molar-refractivity contribution in [2.24, 2.45) is 0 Å². The van der Waals surface area contributed by atoms with Gasteiger partial charge in [0.25, 0.3) is 0 Å². The number of halogens is 3. The van der Waals surface area contributed by atoms with Crippen LogP contribution >= 0.6 is 0 Å². The van der Waals surface area contributed by atoms with Gasteiger partial charge in [-0.15, -0.1) is 0 Å². The smallest absolute Gasteiger partial charge is 0.388 e. The van der Waals surface area contributed by atoms with E-state index >= 15 is 0 Å². The molecular formula is C13H15F3O2. The predicted octanol–water partition coefficient (Wildman–Crippen LogP) is 3.31. The molecule has 0 aliphatic carbocycles. The molecule has 1 aliphatic heterocycles. The summed E-state index contributed by atoms with van der Waals surface area (Å²) in [5.41, 5.74) is -0.438.